The van der Waals surface area contributed by atoms with Gasteiger partial charge in [-0.3, -0.25) is 4.79 Å². The van der Waals surface area contributed by atoms with Crippen LogP contribution in [0.15, 0.2) is 24.3 Å². The predicted molar refractivity (Wildman–Crippen MR) is 58.7 cm³/mol. The molecule has 1 amide bonds. The summed E-state index contributed by atoms with van der Waals surface area (Å²) in [7, 11) is 0. The van der Waals surface area contributed by atoms with Gasteiger partial charge in [-0.2, -0.15) is 0 Å². The highest BCUT2D eigenvalue weighted by atomic mass is 19.3. The number of aliphatic hydroxyl groups is 1. The van der Waals surface area contributed by atoms with E-state index in [1.165, 1.54) is 6.07 Å². The number of primary amides is 1. The van der Waals surface area contributed by atoms with E-state index in [1.807, 2.05) is 0 Å². The van der Waals surface area contributed by atoms with E-state index in [-0.39, 0.29) is 6.54 Å². The van der Waals surface area contributed by atoms with Crippen LogP contribution in [0.2, 0.25) is 0 Å². The molecule has 0 aliphatic carbocycles. The van der Waals surface area contributed by atoms with Crippen LogP contribution in [-0.4, -0.2) is 30.1 Å². The zero-order valence-electron chi connectivity index (χ0n) is 9.12. The topological polar surface area (TPSA) is 75.4 Å². The molecule has 0 spiro atoms. The van der Waals surface area contributed by atoms with E-state index in [0.717, 1.165) is 0 Å². The number of rotatable bonds is 6. The maximum atomic E-state index is 12.7. The fourth-order valence-corrected chi connectivity index (χ4v) is 1.35. The molecule has 0 aliphatic heterocycles. The van der Waals surface area contributed by atoms with Crippen LogP contribution in [0.1, 0.15) is 15.9 Å². The largest absolute Gasteiger partial charge is 0.390 e. The zero-order valence-corrected chi connectivity index (χ0v) is 9.12. The van der Waals surface area contributed by atoms with Gasteiger partial charge in [0.05, 0.1) is 6.54 Å². The molecule has 0 bridgehead atoms. The molecule has 1 aromatic rings. The minimum absolute atomic E-state index is 0.0920. The maximum absolute atomic E-state index is 12.7. The van der Waals surface area contributed by atoms with Crippen molar-refractivity contribution in [2.75, 3.05) is 13.2 Å². The number of hydrogen-bond acceptors (Lipinski definition) is 3. The molecule has 0 fully saturated rings. The first kappa shape index (κ1) is 13.5. The monoisotopic (exact) mass is 244 g/mol. The van der Waals surface area contributed by atoms with Crippen LogP contribution < -0.4 is 11.1 Å². The number of carbonyl (C=O) groups excluding carboxylic acids is 1. The van der Waals surface area contributed by atoms with Gasteiger partial charge in [0.1, 0.15) is 6.61 Å². The lowest BCUT2D eigenvalue weighted by molar-refractivity contribution is -0.0477. The lowest BCUT2D eigenvalue weighted by Crippen LogP contribution is -2.35. The van der Waals surface area contributed by atoms with Gasteiger partial charge < -0.3 is 16.2 Å². The molecular formula is C11H14F2N2O2. The van der Waals surface area contributed by atoms with E-state index in [2.05, 4.69) is 5.32 Å². The van der Waals surface area contributed by atoms with Crippen molar-refractivity contribution in [2.45, 2.75) is 12.5 Å². The van der Waals surface area contributed by atoms with Crippen LogP contribution in [0.3, 0.4) is 0 Å². The SMILES string of the molecule is NC(=O)c1ccccc1CNCC(F)(F)CO. The Hall–Kier alpha value is -1.53. The normalized spacial score (nSPS) is 11.5. The molecular weight excluding hydrogens is 230 g/mol. The first-order valence-corrected chi connectivity index (χ1v) is 5.03. The third kappa shape index (κ3) is 4.08. The smallest absolute Gasteiger partial charge is 0.282 e. The number of hydrogen-bond donors (Lipinski definition) is 3. The van der Waals surface area contributed by atoms with Crippen LogP contribution in [0.4, 0.5) is 8.78 Å². The van der Waals surface area contributed by atoms with Crippen molar-refractivity contribution in [3.8, 4) is 0 Å². The van der Waals surface area contributed by atoms with Gasteiger partial charge in [0.15, 0.2) is 0 Å². The first-order chi connectivity index (χ1) is 7.96. The number of alkyl halides is 2. The minimum Gasteiger partial charge on any atom is -0.390 e. The molecule has 0 unspecified atom stereocenters. The summed E-state index contributed by atoms with van der Waals surface area (Å²) in [4.78, 5) is 11.0. The fraction of sp³-hybridized carbons (Fsp3) is 0.364. The van der Waals surface area contributed by atoms with E-state index in [9.17, 15) is 13.6 Å². The van der Waals surface area contributed by atoms with Gasteiger partial charge in [-0.05, 0) is 11.6 Å². The van der Waals surface area contributed by atoms with E-state index in [0.29, 0.717) is 11.1 Å². The molecule has 17 heavy (non-hydrogen) atoms. The summed E-state index contributed by atoms with van der Waals surface area (Å²) in [6, 6.07) is 6.49. The van der Waals surface area contributed by atoms with Gasteiger partial charge in [0.2, 0.25) is 5.91 Å². The standard InChI is InChI=1S/C11H14F2N2O2/c12-11(13,7-16)6-15-5-8-3-1-2-4-9(8)10(14)17/h1-4,15-16H,5-7H2,(H2,14,17). The van der Waals surface area contributed by atoms with Gasteiger partial charge in [-0.15, -0.1) is 0 Å². The highest BCUT2D eigenvalue weighted by Gasteiger charge is 2.26. The van der Waals surface area contributed by atoms with Crippen molar-refractivity contribution < 1.29 is 18.7 Å². The quantitative estimate of drug-likeness (QED) is 0.682. The molecule has 94 valence electrons. The second kappa shape index (κ2) is 5.70. The molecule has 0 radical (unpaired) electrons. The predicted octanol–water partition coefficient (Wildman–Crippen LogP) is 0.503. The van der Waals surface area contributed by atoms with Gasteiger partial charge in [0, 0.05) is 12.1 Å². The summed E-state index contributed by atoms with van der Waals surface area (Å²) < 4.78 is 25.4. The molecule has 6 heteroatoms. The minimum atomic E-state index is -3.17. The second-order valence-electron chi connectivity index (χ2n) is 3.64. The first-order valence-electron chi connectivity index (χ1n) is 5.03. The maximum Gasteiger partial charge on any atom is 0.282 e. The third-order valence-corrected chi connectivity index (χ3v) is 2.21. The van der Waals surface area contributed by atoms with Crippen molar-refractivity contribution in [1.29, 1.82) is 0 Å². The summed E-state index contributed by atoms with van der Waals surface area (Å²) in [5.41, 5.74) is 5.99. The molecule has 1 aromatic carbocycles. The van der Waals surface area contributed by atoms with Crippen molar-refractivity contribution in [3.63, 3.8) is 0 Å². The summed E-state index contributed by atoms with van der Waals surface area (Å²) in [6.07, 6.45) is 0. The Bertz CT molecular complexity index is 397. The lowest BCUT2D eigenvalue weighted by Gasteiger charge is -2.14. The van der Waals surface area contributed by atoms with E-state index < -0.39 is 25.0 Å². The van der Waals surface area contributed by atoms with Gasteiger partial charge >= 0.3 is 0 Å². The Morgan fingerprint density at radius 1 is 1.41 bits per heavy atom. The number of halogens is 2. The van der Waals surface area contributed by atoms with Crippen LogP contribution in [0, 0.1) is 0 Å². The highest BCUT2D eigenvalue weighted by Crippen LogP contribution is 2.11. The molecule has 0 atom stereocenters. The van der Waals surface area contributed by atoms with Crippen molar-refractivity contribution in [2.24, 2.45) is 5.73 Å². The molecule has 0 saturated heterocycles. The van der Waals surface area contributed by atoms with E-state index in [1.54, 1.807) is 18.2 Å². The van der Waals surface area contributed by atoms with Crippen LogP contribution in [0.5, 0.6) is 0 Å². The zero-order chi connectivity index (χ0) is 12.9. The summed E-state index contributed by atoms with van der Waals surface area (Å²) in [6.45, 7) is -1.78. The molecule has 0 saturated carbocycles. The Morgan fingerprint density at radius 2 is 2.06 bits per heavy atom. The molecule has 0 aliphatic rings. The molecule has 0 heterocycles. The van der Waals surface area contributed by atoms with Crippen molar-refractivity contribution in [3.05, 3.63) is 35.4 Å². The van der Waals surface area contributed by atoms with Gasteiger partial charge in [-0.1, -0.05) is 18.2 Å². The number of benzene rings is 1. The molecule has 4 N–H and O–H groups in total. The van der Waals surface area contributed by atoms with E-state index >= 15 is 0 Å². The van der Waals surface area contributed by atoms with E-state index in [4.69, 9.17) is 10.8 Å². The molecule has 1 rings (SSSR count). The Labute approximate surface area is 97.4 Å². The average Bonchev–Trinajstić information content (AvgIpc) is 2.29. The Balaban J connectivity index is 2.61. The molecule has 4 nitrogen and oxygen atoms in total. The number of amides is 1. The number of nitrogens with one attached hydrogen (secondary N) is 1. The summed E-state index contributed by atoms with van der Waals surface area (Å²) >= 11 is 0. The summed E-state index contributed by atoms with van der Waals surface area (Å²) in [5, 5.41) is 10.8. The van der Waals surface area contributed by atoms with Crippen LogP contribution >= 0.6 is 0 Å². The summed E-state index contributed by atoms with van der Waals surface area (Å²) in [5.74, 6) is -3.77. The fourth-order valence-electron chi connectivity index (χ4n) is 1.35. The highest BCUT2D eigenvalue weighted by molar-refractivity contribution is 5.94. The molecule has 0 aromatic heterocycles. The van der Waals surface area contributed by atoms with Crippen LogP contribution in [0.25, 0.3) is 0 Å². The van der Waals surface area contributed by atoms with Crippen molar-refractivity contribution in [1.82, 2.24) is 5.32 Å². The number of carbonyl (C=O) groups is 1. The number of aliphatic hydroxyl groups excluding tert-OH is 1. The van der Waals surface area contributed by atoms with Gasteiger partial charge in [-0.25, -0.2) is 8.78 Å². The third-order valence-electron chi connectivity index (χ3n) is 2.21. The Morgan fingerprint density at radius 3 is 2.65 bits per heavy atom. The average molecular weight is 244 g/mol. The van der Waals surface area contributed by atoms with Gasteiger partial charge in [0.25, 0.3) is 5.92 Å². The van der Waals surface area contributed by atoms with Crippen molar-refractivity contribution >= 4 is 5.91 Å². The Kier molecular flexibility index (Phi) is 4.53. The second-order valence-corrected chi connectivity index (χ2v) is 3.64. The number of nitrogens with two attached hydrogens (primary N) is 1. The lowest BCUT2D eigenvalue weighted by atomic mass is 10.1. The van der Waals surface area contributed by atoms with Crippen LogP contribution in [-0.2, 0) is 6.54 Å².